The molecule has 0 bridgehead atoms. The molecule has 0 fully saturated rings. The number of halogens is 1. The summed E-state index contributed by atoms with van der Waals surface area (Å²) in [5.74, 6) is 0.0930. The molecule has 8 heteroatoms. The Hall–Kier alpha value is -2.42. The third-order valence-electron chi connectivity index (χ3n) is 5.37. The first-order chi connectivity index (χ1) is 15.6. The van der Waals surface area contributed by atoms with Crippen molar-refractivity contribution < 1.29 is 9.18 Å². The van der Waals surface area contributed by atoms with E-state index in [1.807, 2.05) is 40.2 Å². The highest BCUT2D eigenvalue weighted by molar-refractivity contribution is 8.00. The van der Waals surface area contributed by atoms with Crippen LogP contribution < -0.4 is 4.90 Å². The molecule has 1 amide bonds. The molecule has 1 aliphatic heterocycles. The van der Waals surface area contributed by atoms with Crippen molar-refractivity contribution in [2.45, 2.75) is 28.5 Å². The number of benzene rings is 2. The van der Waals surface area contributed by atoms with Crippen LogP contribution in [-0.2, 0) is 4.79 Å². The van der Waals surface area contributed by atoms with Crippen LogP contribution in [0.1, 0.15) is 13.3 Å². The normalized spacial score (nSPS) is 16.1. The minimum atomic E-state index is -0.269. The van der Waals surface area contributed by atoms with E-state index in [2.05, 4.69) is 23.0 Å². The number of nitrogens with zero attached hydrogens (tertiary/aromatic N) is 3. The lowest BCUT2D eigenvalue weighted by Crippen LogP contribution is -2.33. The summed E-state index contributed by atoms with van der Waals surface area (Å²) in [6, 6.07) is 14.5. The molecule has 4 nitrogen and oxygen atoms in total. The van der Waals surface area contributed by atoms with E-state index in [0.717, 1.165) is 43.4 Å². The smallest absolute Gasteiger partial charge is 0.237 e. The first-order valence-corrected chi connectivity index (χ1v) is 13.0. The van der Waals surface area contributed by atoms with Gasteiger partial charge < -0.3 is 4.90 Å². The molecule has 32 heavy (non-hydrogen) atoms. The molecule has 2 aromatic heterocycles. The van der Waals surface area contributed by atoms with Crippen molar-refractivity contribution in [2.24, 2.45) is 0 Å². The van der Waals surface area contributed by atoms with Gasteiger partial charge in [0.15, 0.2) is 0 Å². The predicted octanol–water partition coefficient (Wildman–Crippen LogP) is 6.51. The van der Waals surface area contributed by atoms with E-state index in [1.165, 1.54) is 35.2 Å². The average molecular weight is 482 g/mol. The second-order valence-electron chi connectivity index (χ2n) is 7.53. The lowest BCUT2D eigenvalue weighted by atomic mass is 10.1. The Balaban J connectivity index is 1.42. The van der Waals surface area contributed by atoms with Crippen molar-refractivity contribution in [1.82, 2.24) is 9.97 Å². The highest BCUT2D eigenvalue weighted by Crippen LogP contribution is 2.40. The Kier molecular flexibility index (Phi) is 6.17. The molecule has 1 unspecified atom stereocenters. The van der Waals surface area contributed by atoms with Gasteiger partial charge in [-0.3, -0.25) is 4.79 Å². The maximum atomic E-state index is 13.4. The Morgan fingerprint density at radius 2 is 2.00 bits per heavy atom. The van der Waals surface area contributed by atoms with Crippen molar-refractivity contribution in [3.63, 3.8) is 0 Å². The fourth-order valence-electron chi connectivity index (χ4n) is 3.75. The summed E-state index contributed by atoms with van der Waals surface area (Å²) in [5, 5.41) is 4.17. The molecule has 3 heterocycles. The van der Waals surface area contributed by atoms with Crippen molar-refractivity contribution in [3.8, 4) is 11.1 Å². The minimum Gasteiger partial charge on any atom is -0.311 e. The SMILES string of the molecule is CC1CCN(C(=O)CSc2ncnc3scc(-c4ccc(F)cc4)c23)c2ccccc2S1. The van der Waals surface area contributed by atoms with Crippen LogP contribution in [0.3, 0.4) is 0 Å². The van der Waals surface area contributed by atoms with Gasteiger partial charge in [-0.1, -0.05) is 43.0 Å². The van der Waals surface area contributed by atoms with Gasteiger partial charge in [-0.15, -0.1) is 23.1 Å². The minimum absolute atomic E-state index is 0.0717. The van der Waals surface area contributed by atoms with Crippen LogP contribution in [0, 0.1) is 5.82 Å². The van der Waals surface area contributed by atoms with Gasteiger partial charge in [-0.25, -0.2) is 14.4 Å². The van der Waals surface area contributed by atoms with Crippen LogP contribution in [0.2, 0.25) is 0 Å². The van der Waals surface area contributed by atoms with Crippen molar-refractivity contribution in [2.75, 3.05) is 17.2 Å². The van der Waals surface area contributed by atoms with Crippen molar-refractivity contribution >= 4 is 56.7 Å². The van der Waals surface area contributed by atoms with Crippen LogP contribution in [0.15, 0.2) is 70.2 Å². The number of hydrogen-bond acceptors (Lipinski definition) is 6. The zero-order chi connectivity index (χ0) is 22.1. The summed E-state index contributed by atoms with van der Waals surface area (Å²) in [6.07, 6.45) is 2.49. The first kappa shape index (κ1) is 21.4. The zero-order valence-corrected chi connectivity index (χ0v) is 19.8. The molecular formula is C24H20FN3OS3. The Labute approximate surface area is 198 Å². The lowest BCUT2D eigenvalue weighted by Gasteiger charge is -2.22. The topological polar surface area (TPSA) is 46.1 Å². The maximum Gasteiger partial charge on any atom is 0.237 e. The number of carbonyl (C=O) groups is 1. The fourth-order valence-corrected chi connectivity index (χ4v) is 6.73. The van der Waals surface area contributed by atoms with Gasteiger partial charge >= 0.3 is 0 Å². The Bertz CT molecular complexity index is 1280. The molecule has 162 valence electrons. The standard InChI is InChI=1S/C24H20FN3OS3/c1-15-10-11-28(19-4-2-3-5-20(19)32-15)21(29)13-31-24-22-18(12-30-23(22)26-14-27-24)16-6-8-17(25)9-7-16/h2-9,12,14-15H,10-11,13H2,1H3. The fraction of sp³-hybridized carbons (Fsp3) is 0.208. The van der Waals surface area contributed by atoms with Gasteiger partial charge in [-0.05, 0) is 36.2 Å². The third kappa shape index (κ3) is 4.27. The summed E-state index contributed by atoms with van der Waals surface area (Å²) < 4.78 is 13.4. The van der Waals surface area contributed by atoms with Gasteiger partial charge in [0, 0.05) is 27.6 Å². The van der Waals surface area contributed by atoms with Gasteiger partial charge in [0.05, 0.1) is 16.8 Å². The van der Waals surface area contributed by atoms with Gasteiger partial charge in [-0.2, -0.15) is 0 Å². The number of fused-ring (bicyclic) bond motifs is 2. The van der Waals surface area contributed by atoms with Crippen LogP contribution in [0.4, 0.5) is 10.1 Å². The van der Waals surface area contributed by atoms with Crippen LogP contribution in [-0.4, -0.2) is 33.4 Å². The van der Waals surface area contributed by atoms with Crippen LogP contribution >= 0.6 is 34.9 Å². The maximum absolute atomic E-state index is 13.4. The molecule has 5 rings (SSSR count). The molecule has 0 spiro atoms. The highest BCUT2D eigenvalue weighted by atomic mass is 32.2. The van der Waals surface area contributed by atoms with Gasteiger partial charge in [0.1, 0.15) is 22.0 Å². The monoisotopic (exact) mass is 481 g/mol. The Morgan fingerprint density at radius 3 is 2.84 bits per heavy atom. The lowest BCUT2D eigenvalue weighted by molar-refractivity contribution is -0.116. The third-order valence-corrected chi connectivity index (χ3v) is 8.47. The molecule has 4 aromatic rings. The number of thioether (sulfide) groups is 2. The molecule has 0 aliphatic carbocycles. The summed E-state index contributed by atoms with van der Waals surface area (Å²) >= 11 is 4.79. The number of anilines is 1. The van der Waals surface area contributed by atoms with E-state index in [0.29, 0.717) is 11.8 Å². The second kappa shape index (κ2) is 9.21. The highest BCUT2D eigenvalue weighted by Gasteiger charge is 2.24. The number of thiophene rings is 1. The predicted molar refractivity (Wildman–Crippen MR) is 132 cm³/mol. The number of aromatic nitrogens is 2. The number of amides is 1. The zero-order valence-electron chi connectivity index (χ0n) is 17.3. The molecule has 0 N–H and O–H groups in total. The van der Waals surface area contributed by atoms with Crippen molar-refractivity contribution in [1.29, 1.82) is 0 Å². The summed E-state index contributed by atoms with van der Waals surface area (Å²) in [6.45, 7) is 2.92. The molecule has 1 aliphatic rings. The molecule has 0 saturated carbocycles. The van der Waals surface area contributed by atoms with Crippen molar-refractivity contribution in [3.05, 3.63) is 66.1 Å². The van der Waals surface area contributed by atoms with E-state index in [4.69, 9.17) is 0 Å². The van der Waals surface area contributed by atoms with E-state index in [1.54, 1.807) is 18.5 Å². The second-order valence-corrected chi connectivity index (χ2v) is 10.8. The molecule has 0 radical (unpaired) electrons. The Morgan fingerprint density at radius 1 is 1.19 bits per heavy atom. The summed E-state index contributed by atoms with van der Waals surface area (Å²) in [4.78, 5) is 26.1. The number of carbonyl (C=O) groups excluding carboxylic acids is 1. The largest absolute Gasteiger partial charge is 0.311 e. The molecule has 0 saturated heterocycles. The number of hydrogen-bond donors (Lipinski definition) is 0. The van der Waals surface area contributed by atoms with E-state index in [9.17, 15) is 9.18 Å². The summed E-state index contributed by atoms with van der Waals surface area (Å²) in [7, 11) is 0. The van der Waals surface area contributed by atoms with E-state index in [-0.39, 0.29) is 17.5 Å². The molecular weight excluding hydrogens is 461 g/mol. The van der Waals surface area contributed by atoms with Gasteiger partial charge in [0.25, 0.3) is 0 Å². The molecule has 1 atom stereocenters. The van der Waals surface area contributed by atoms with E-state index < -0.39 is 0 Å². The van der Waals surface area contributed by atoms with Gasteiger partial charge in [0.2, 0.25) is 5.91 Å². The quantitative estimate of drug-likeness (QED) is 0.246. The van der Waals surface area contributed by atoms with Crippen LogP contribution in [0.25, 0.3) is 21.3 Å². The average Bonchev–Trinajstić information content (AvgIpc) is 3.16. The molecule has 2 aromatic carbocycles. The van der Waals surface area contributed by atoms with Crippen LogP contribution in [0.5, 0.6) is 0 Å². The summed E-state index contributed by atoms with van der Waals surface area (Å²) in [5.41, 5.74) is 2.86. The van der Waals surface area contributed by atoms with E-state index >= 15 is 0 Å². The number of rotatable bonds is 4. The first-order valence-electron chi connectivity index (χ1n) is 10.3. The number of para-hydroxylation sites is 1.